The molecular formula is C8H11NO3S. The number of sulfone groups is 1. The van der Waals surface area contributed by atoms with Gasteiger partial charge in [0.25, 0.3) is 0 Å². The molecule has 4 nitrogen and oxygen atoms in total. The van der Waals surface area contributed by atoms with Crippen LogP contribution in [-0.2, 0) is 14.7 Å². The normalized spacial score (nSPS) is 11.2. The lowest BCUT2D eigenvalue weighted by Gasteiger charge is -2.07. The molecule has 13 heavy (non-hydrogen) atoms. The van der Waals surface area contributed by atoms with Gasteiger partial charge in [-0.2, -0.15) is 0 Å². The number of hydrogen-bond donors (Lipinski definition) is 1. The Hall–Kier alpha value is -1.07. The minimum atomic E-state index is -3.20. The van der Waals surface area contributed by atoms with Gasteiger partial charge in [-0.3, -0.25) is 10.3 Å². The zero-order chi connectivity index (χ0) is 9.90. The van der Waals surface area contributed by atoms with Gasteiger partial charge in [-0.15, -0.1) is 0 Å². The molecule has 0 aliphatic rings. The van der Waals surface area contributed by atoms with Crippen LogP contribution in [0.3, 0.4) is 0 Å². The van der Waals surface area contributed by atoms with Crippen molar-refractivity contribution in [3.05, 3.63) is 24.3 Å². The Morgan fingerprint density at radius 3 is 2.46 bits per heavy atom. The van der Waals surface area contributed by atoms with Crippen LogP contribution in [0, 0.1) is 0 Å². The van der Waals surface area contributed by atoms with Gasteiger partial charge >= 0.3 is 0 Å². The van der Waals surface area contributed by atoms with Crippen molar-refractivity contribution in [1.29, 1.82) is 0 Å². The lowest BCUT2D eigenvalue weighted by Crippen LogP contribution is -2.04. The maximum Gasteiger partial charge on any atom is 0.177 e. The van der Waals surface area contributed by atoms with Crippen molar-refractivity contribution in [2.24, 2.45) is 0 Å². The first kappa shape index (κ1) is 10.0. The van der Waals surface area contributed by atoms with Crippen molar-refractivity contribution in [1.82, 2.24) is 0 Å². The van der Waals surface area contributed by atoms with E-state index < -0.39 is 9.84 Å². The van der Waals surface area contributed by atoms with E-state index in [9.17, 15) is 8.42 Å². The van der Waals surface area contributed by atoms with Crippen molar-refractivity contribution < 1.29 is 13.3 Å². The summed E-state index contributed by atoms with van der Waals surface area (Å²) >= 11 is 0. The first-order chi connectivity index (χ1) is 6.05. The first-order valence-corrected chi connectivity index (χ1v) is 5.53. The molecule has 0 heterocycles. The first-order valence-electron chi connectivity index (χ1n) is 3.64. The summed E-state index contributed by atoms with van der Waals surface area (Å²) in [4.78, 5) is 4.88. The summed E-state index contributed by atoms with van der Waals surface area (Å²) in [5.41, 5.74) is 2.95. The molecule has 72 valence electrons. The predicted molar refractivity (Wildman–Crippen MR) is 50.2 cm³/mol. The maximum absolute atomic E-state index is 11.2. The van der Waals surface area contributed by atoms with E-state index in [0.717, 1.165) is 6.26 Å². The molecule has 0 fully saturated rings. The summed E-state index contributed by atoms with van der Waals surface area (Å²) in [7, 11) is -1.77. The second kappa shape index (κ2) is 3.76. The van der Waals surface area contributed by atoms with Gasteiger partial charge in [0.1, 0.15) is 0 Å². The molecule has 0 bridgehead atoms. The lowest BCUT2D eigenvalue weighted by molar-refractivity contribution is 0.270. The third-order valence-corrected chi connectivity index (χ3v) is 2.65. The molecule has 0 saturated heterocycles. The van der Waals surface area contributed by atoms with E-state index >= 15 is 0 Å². The predicted octanol–water partition coefficient (Wildman–Crippen LogP) is 1.06. The fraction of sp³-hybridized carbons (Fsp3) is 0.250. The summed E-state index contributed by atoms with van der Waals surface area (Å²) in [6.45, 7) is 0. The highest BCUT2D eigenvalue weighted by atomic mass is 32.2. The Labute approximate surface area is 77.4 Å². The molecule has 0 amide bonds. The van der Waals surface area contributed by atoms with Gasteiger partial charge in [-0.25, -0.2) is 8.42 Å². The highest BCUT2D eigenvalue weighted by Crippen LogP contribution is 2.19. The summed E-state index contributed by atoms with van der Waals surface area (Å²) < 4.78 is 22.5. The van der Waals surface area contributed by atoms with E-state index in [1.54, 1.807) is 18.2 Å². The van der Waals surface area contributed by atoms with Gasteiger partial charge in [-0.05, 0) is 12.1 Å². The lowest BCUT2D eigenvalue weighted by atomic mass is 10.3. The summed E-state index contributed by atoms with van der Waals surface area (Å²) in [5, 5.41) is 0. The molecule has 0 radical (unpaired) electrons. The molecule has 0 spiro atoms. The largest absolute Gasteiger partial charge is 0.279 e. The molecule has 0 aromatic heterocycles. The second-order valence-electron chi connectivity index (χ2n) is 2.57. The minimum absolute atomic E-state index is 0.233. The number of benzene rings is 1. The summed E-state index contributed by atoms with van der Waals surface area (Å²) in [5.74, 6) is 0. The van der Waals surface area contributed by atoms with E-state index in [2.05, 4.69) is 10.3 Å². The van der Waals surface area contributed by atoms with Gasteiger partial charge in [0, 0.05) is 6.26 Å². The number of rotatable bonds is 3. The molecule has 0 unspecified atom stereocenters. The van der Waals surface area contributed by atoms with Crippen LogP contribution >= 0.6 is 0 Å². The van der Waals surface area contributed by atoms with E-state index in [-0.39, 0.29) is 4.90 Å². The Balaban J connectivity index is 3.20. The molecule has 0 aliphatic heterocycles. The standard InChI is InChI=1S/C8H11NO3S/c1-12-9-7-5-3-4-6-8(7)13(2,10)11/h3-6,9H,1-2H3. The number of nitrogens with one attached hydrogen (secondary N) is 1. The van der Waals surface area contributed by atoms with Crippen molar-refractivity contribution in [3.63, 3.8) is 0 Å². The van der Waals surface area contributed by atoms with Crippen molar-refractivity contribution in [2.45, 2.75) is 4.90 Å². The number of anilines is 1. The molecule has 1 aromatic rings. The number of para-hydroxylation sites is 1. The van der Waals surface area contributed by atoms with Crippen LogP contribution < -0.4 is 5.48 Å². The Morgan fingerprint density at radius 1 is 1.31 bits per heavy atom. The average Bonchev–Trinajstić information content (AvgIpc) is 2.04. The van der Waals surface area contributed by atoms with Crippen LogP contribution in [0.5, 0.6) is 0 Å². The van der Waals surface area contributed by atoms with Crippen LogP contribution in [0.2, 0.25) is 0 Å². The van der Waals surface area contributed by atoms with Crippen molar-refractivity contribution in [3.8, 4) is 0 Å². The quantitative estimate of drug-likeness (QED) is 0.743. The molecular weight excluding hydrogens is 190 g/mol. The smallest absolute Gasteiger partial charge is 0.177 e. The van der Waals surface area contributed by atoms with Gasteiger partial charge in [0.05, 0.1) is 17.7 Å². The van der Waals surface area contributed by atoms with Crippen molar-refractivity contribution in [2.75, 3.05) is 18.8 Å². The molecule has 5 heteroatoms. The zero-order valence-corrected chi connectivity index (χ0v) is 8.26. The Bertz CT molecular complexity index is 386. The summed E-state index contributed by atoms with van der Waals surface area (Å²) in [6.07, 6.45) is 1.16. The minimum Gasteiger partial charge on any atom is -0.279 e. The van der Waals surface area contributed by atoms with Gasteiger partial charge in [-0.1, -0.05) is 12.1 Å². The molecule has 1 rings (SSSR count). The monoisotopic (exact) mass is 201 g/mol. The van der Waals surface area contributed by atoms with Gasteiger partial charge in [0.2, 0.25) is 0 Å². The van der Waals surface area contributed by atoms with Crippen LogP contribution in [0.25, 0.3) is 0 Å². The average molecular weight is 201 g/mol. The Morgan fingerprint density at radius 2 is 1.92 bits per heavy atom. The van der Waals surface area contributed by atoms with Crippen LogP contribution in [0.15, 0.2) is 29.2 Å². The maximum atomic E-state index is 11.2. The number of hydrogen-bond acceptors (Lipinski definition) is 4. The SMILES string of the molecule is CONc1ccccc1S(C)(=O)=O. The molecule has 0 saturated carbocycles. The molecule has 0 atom stereocenters. The molecule has 1 aromatic carbocycles. The topological polar surface area (TPSA) is 55.4 Å². The zero-order valence-electron chi connectivity index (χ0n) is 7.44. The van der Waals surface area contributed by atoms with E-state index in [1.165, 1.54) is 13.2 Å². The fourth-order valence-electron chi connectivity index (χ4n) is 0.984. The molecule has 0 aliphatic carbocycles. The van der Waals surface area contributed by atoms with Crippen LogP contribution in [0.1, 0.15) is 0 Å². The Kier molecular flexibility index (Phi) is 2.90. The van der Waals surface area contributed by atoms with E-state index in [0.29, 0.717) is 5.69 Å². The van der Waals surface area contributed by atoms with Crippen LogP contribution in [0.4, 0.5) is 5.69 Å². The molecule has 1 N–H and O–H groups in total. The van der Waals surface area contributed by atoms with Gasteiger partial charge in [0.15, 0.2) is 9.84 Å². The highest BCUT2D eigenvalue weighted by Gasteiger charge is 2.11. The highest BCUT2D eigenvalue weighted by molar-refractivity contribution is 7.90. The van der Waals surface area contributed by atoms with Crippen molar-refractivity contribution >= 4 is 15.5 Å². The third-order valence-electron chi connectivity index (χ3n) is 1.50. The summed E-state index contributed by atoms with van der Waals surface area (Å²) in [6, 6.07) is 6.56. The van der Waals surface area contributed by atoms with E-state index in [1.807, 2.05) is 0 Å². The second-order valence-corrected chi connectivity index (χ2v) is 4.56. The van der Waals surface area contributed by atoms with Gasteiger partial charge < -0.3 is 0 Å². The van der Waals surface area contributed by atoms with E-state index in [4.69, 9.17) is 0 Å². The fourth-order valence-corrected chi connectivity index (χ4v) is 1.82. The third kappa shape index (κ3) is 2.43. The van der Waals surface area contributed by atoms with Crippen LogP contribution in [-0.4, -0.2) is 21.8 Å².